The first-order chi connectivity index (χ1) is 7.00. The van der Waals surface area contributed by atoms with Crippen molar-refractivity contribution in [2.24, 2.45) is 11.7 Å². The van der Waals surface area contributed by atoms with E-state index < -0.39 is 6.04 Å². The lowest BCUT2D eigenvalue weighted by atomic mass is 10.0. The average molecular weight is 208 g/mol. The summed E-state index contributed by atoms with van der Waals surface area (Å²) in [6.45, 7) is 3.84. The minimum atomic E-state index is -0.409. The van der Waals surface area contributed by atoms with Crippen LogP contribution in [0.3, 0.4) is 0 Å². The van der Waals surface area contributed by atoms with Gasteiger partial charge in [0.05, 0.1) is 17.6 Å². The molecule has 0 radical (unpaired) electrons. The number of pyridine rings is 1. The third kappa shape index (κ3) is 3.12. The van der Waals surface area contributed by atoms with Crippen LogP contribution in [0.2, 0.25) is 0 Å². The zero-order valence-corrected chi connectivity index (χ0v) is 8.90. The Morgan fingerprint density at radius 1 is 1.47 bits per heavy atom. The van der Waals surface area contributed by atoms with E-state index in [4.69, 9.17) is 11.5 Å². The summed E-state index contributed by atoms with van der Waals surface area (Å²) in [6.07, 6.45) is 3.15. The number of amides is 1. The third-order valence-corrected chi connectivity index (χ3v) is 2.05. The van der Waals surface area contributed by atoms with Crippen LogP contribution in [0.25, 0.3) is 0 Å². The number of nitrogens with one attached hydrogen (secondary N) is 1. The molecule has 0 bridgehead atoms. The minimum Gasteiger partial charge on any atom is -0.397 e. The highest BCUT2D eigenvalue weighted by molar-refractivity contribution is 5.83. The number of primary amides is 1. The Morgan fingerprint density at radius 2 is 2.13 bits per heavy atom. The molecule has 1 atom stereocenters. The Bertz CT molecular complexity index is 351. The highest BCUT2D eigenvalue weighted by atomic mass is 16.1. The van der Waals surface area contributed by atoms with E-state index in [1.807, 2.05) is 13.8 Å². The van der Waals surface area contributed by atoms with Crippen LogP contribution in [-0.4, -0.2) is 16.9 Å². The number of hydrogen-bond acceptors (Lipinski definition) is 4. The first-order valence-electron chi connectivity index (χ1n) is 4.77. The summed E-state index contributed by atoms with van der Waals surface area (Å²) in [5, 5.41) is 3.00. The van der Waals surface area contributed by atoms with E-state index >= 15 is 0 Å². The van der Waals surface area contributed by atoms with Gasteiger partial charge in [0.25, 0.3) is 0 Å². The highest BCUT2D eigenvalue weighted by Crippen LogP contribution is 2.13. The Balaban J connectivity index is 2.79. The predicted molar refractivity (Wildman–Crippen MR) is 60.1 cm³/mol. The fourth-order valence-corrected chi connectivity index (χ4v) is 1.28. The molecule has 0 aromatic carbocycles. The molecule has 1 amide bonds. The van der Waals surface area contributed by atoms with Gasteiger partial charge >= 0.3 is 0 Å². The monoisotopic (exact) mass is 208 g/mol. The predicted octanol–water partition coefficient (Wildman–Crippen LogP) is 0.586. The fourth-order valence-electron chi connectivity index (χ4n) is 1.28. The lowest BCUT2D eigenvalue weighted by Crippen LogP contribution is -2.39. The summed E-state index contributed by atoms with van der Waals surface area (Å²) in [7, 11) is 0. The summed E-state index contributed by atoms with van der Waals surface area (Å²) in [6, 6.07) is 1.30. The van der Waals surface area contributed by atoms with Crippen molar-refractivity contribution in [3.8, 4) is 0 Å². The van der Waals surface area contributed by atoms with Crippen LogP contribution in [-0.2, 0) is 4.79 Å². The second-order valence-corrected chi connectivity index (χ2v) is 3.78. The molecular weight excluding hydrogens is 192 g/mol. The van der Waals surface area contributed by atoms with Crippen LogP contribution >= 0.6 is 0 Å². The number of nitrogens with two attached hydrogens (primary N) is 2. The normalized spacial score (nSPS) is 12.5. The van der Waals surface area contributed by atoms with Gasteiger partial charge in [-0.05, 0) is 12.0 Å². The molecule has 0 fully saturated rings. The van der Waals surface area contributed by atoms with E-state index in [0.717, 1.165) is 0 Å². The first-order valence-corrected chi connectivity index (χ1v) is 4.77. The SMILES string of the molecule is CC(C)C(Nc1cncc(N)c1)C(N)=O. The summed E-state index contributed by atoms with van der Waals surface area (Å²) in [5.74, 6) is -0.267. The van der Waals surface area contributed by atoms with Crippen molar-refractivity contribution >= 4 is 17.3 Å². The quantitative estimate of drug-likeness (QED) is 0.674. The molecule has 1 aromatic rings. The van der Waals surface area contributed by atoms with Crippen LogP contribution in [0, 0.1) is 5.92 Å². The largest absolute Gasteiger partial charge is 0.397 e. The topological polar surface area (TPSA) is 94.0 Å². The standard InChI is InChI=1S/C10H16N4O/c1-6(2)9(10(12)15)14-8-3-7(11)4-13-5-8/h3-6,9,14H,11H2,1-2H3,(H2,12,15). The minimum absolute atomic E-state index is 0.115. The Labute approximate surface area is 88.9 Å². The number of carbonyl (C=O) groups excluding carboxylic acids is 1. The molecule has 0 spiro atoms. The molecule has 1 heterocycles. The van der Waals surface area contributed by atoms with Gasteiger partial charge in [-0.1, -0.05) is 13.8 Å². The van der Waals surface area contributed by atoms with Crippen molar-refractivity contribution in [2.45, 2.75) is 19.9 Å². The van der Waals surface area contributed by atoms with Crippen LogP contribution in [0.4, 0.5) is 11.4 Å². The third-order valence-electron chi connectivity index (χ3n) is 2.05. The molecule has 5 nitrogen and oxygen atoms in total. The van der Waals surface area contributed by atoms with Gasteiger partial charge in [-0.2, -0.15) is 0 Å². The maximum absolute atomic E-state index is 11.1. The van der Waals surface area contributed by atoms with Crippen LogP contribution in [0.5, 0.6) is 0 Å². The van der Waals surface area contributed by atoms with Gasteiger partial charge in [-0.15, -0.1) is 0 Å². The molecule has 0 aliphatic rings. The summed E-state index contributed by atoms with van der Waals surface area (Å²) in [5.41, 5.74) is 12.1. The number of nitrogen functional groups attached to an aromatic ring is 1. The summed E-state index contributed by atoms with van der Waals surface area (Å²) < 4.78 is 0. The molecule has 1 aromatic heterocycles. The molecule has 5 N–H and O–H groups in total. The summed E-state index contributed by atoms with van der Waals surface area (Å²) >= 11 is 0. The molecule has 15 heavy (non-hydrogen) atoms. The molecule has 1 rings (SSSR count). The van der Waals surface area contributed by atoms with E-state index in [1.165, 1.54) is 0 Å². The lowest BCUT2D eigenvalue weighted by molar-refractivity contribution is -0.119. The van der Waals surface area contributed by atoms with Crippen molar-refractivity contribution in [3.05, 3.63) is 18.5 Å². The molecule has 82 valence electrons. The van der Waals surface area contributed by atoms with Crippen LogP contribution < -0.4 is 16.8 Å². The summed E-state index contributed by atoms with van der Waals surface area (Å²) in [4.78, 5) is 15.1. The number of carbonyl (C=O) groups is 1. The van der Waals surface area contributed by atoms with Crippen molar-refractivity contribution < 1.29 is 4.79 Å². The van der Waals surface area contributed by atoms with Gasteiger partial charge in [0.2, 0.25) is 5.91 Å². The van der Waals surface area contributed by atoms with Gasteiger partial charge in [-0.25, -0.2) is 0 Å². The van der Waals surface area contributed by atoms with Crippen molar-refractivity contribution in [2.75, 3.05) is 11.1 Å². The molecule has 1 unspecified atom stereocenters. The van der Waals surface area contributed by atoms with Gasteiger partial charge in [-0.3, -0.25) is 9.78 Å². The van der Waals surface area contributed by atoms with Gasteiger partial charge < -0.3 is 16.8 Å². The maximum atomic E-state index is 11.1. The van der Waals surface area contributed by atoms with Crippen molar-refractivity contribution in [1.82, 2.24) is 4.98 Å². The first kappa shape index (κ1) is 11.3. The van der Waals surface area contributed by atoms with Crippen molar-refractivity contribution in [3.63, 3.8) is 0 Å². The van der Waals surface area contributed by atoms with Gasteiger partial charge in [0.15, 0.2) is 0 Å². The van der Waals surface area contributed by atoms with E-state index in [1.54, 1.807) is 18.5 Å². The zero-order chi connectivity index (χ0) is 11.4. The molecular formula is C10H16N4O. The number of rotatable bonds is 4. The molecule has 0 aliphatic heterocycles. The van der Waals surface area contributed by atoms with Gasteiger partial charge in [0.1, 0.15) is 6.04 Å². The highest BCUT2D eigenvalue weighted by Gasteiger charge is 2.18. The van der Waals surface area contributed by atoms with Gasteiger partial charge in [0, 0.05) is 6.20 Å². The van der Waals surface area contributed by atoms with E-state index in [2.05, 4.69) is 10.3 Å². The van der Waals surface area contributed by atoms with Crippen LogP contribution in [0.15, 0.2) is 18.5 Å². The van der Waals surface area contributed by atoms with E-state index in [9.17, 15) is 4.79 Å². The Kier molecular flexibility index (Phi) is 3.49. The van der Waals surface area contributed by atoms with Crippen LogP contribution in [0.1, 0.15) is 13.8 Å². The smallest absolute Gasteiger partial charge is 0.240 e. The Morgan fingerprint density at radius 3 is 2.60 bits per heavy atom. The second-order valence-electron chi connectivity index (χ2n) is 3.78. The average Bonchev–Trinajstić information content (AvgIpc) is 2.13. The molecule has 0 saturated heterocycles. The number of hydrogen-bond donors (Lipinski definition) is 3. The lowest BCUT2D eigenvalue weighted by Gasteiger charge is -2.19. The fraction of sp³-hybridized carbons (Fsp3) is 0.400. The Hall–Kier alpha value is -1.78. The zero-order valence-electron chi connectivity index (χ0n) is 8.90. The number of aromatic nitrogens is 1. The molecule has 0 saturated carbocycles. The van der Waals surface area contributed by atoms with E-state index in [-0.39, 0.29) is 11.8 Å². The second kappa shape index (κ2) is 4.63. The number of anilines is 2. The molecule has 5 heteroatoms. The number of nitrogens with zero attached hydrogens (tertiary/aromatic N) is 1. The molecule has 0 aliphatic carbocycles. The maximum Gasteiger partial charge on any atom is 0.240 e. The van der Waals surface area contributed by atoms with Crippen molar-refractivity contribution in [1.29, 1.82) is 0 Å². The van der Waals surface area contributed by atoms with E-state index in [0.29, 0.717) is 11.4 Å².